The summed E-state index contributed by atoms with van der Waals surface area (Å²) in [5.41, 5.74) is -0.0806. The minimum Gasteiger partial charge on any atom is -0.487 e. The molecule has 5 rings (SSSR count). The maximum Gasteiger partial charge on any atom is 0.303 e. The molecule has 1 spiro atoms. The number of carbonyl (C=O) groups is 2. The van der Waals surface area contributed by atoms with Gasteiger partial charge in [0.1, 0.15) is 17.9 Å². The first kappa shape index (κ1) is 21.0. The minimum absolute atomic E-state index is 0.0246. The van der Waals surface area contributed by atoms with E-state index in [0.29, 0.717) is 19.6 Å². The van der Waals surface area contributed by atoms with E-state index in [1.807, 2.05) is 42.2 Å². The second-order valence-corrected chi connectivity index (χ2v) is 9.47. The molecule has 2 saturated heterocycles. The predicted molar refractivity (Wildman–Crippen MR) is 115 cm³/mol. The van der Waals surface area contributed by atoms with Crippen molar-refractivity contribution in [1.29, 1.82) is 0 Å². The Morgan fingerprint density at radius 1 is 1.28 bits per heavy atom. The van der Waals surface area contributed by atoms with E-state index in [4.69, 9.17) is 9.47 Å². The van der Waals surface area contributed by atoms with Gasteiger partial charge in [-0.15, -0.1) is 0 Å². The molecule has 170 valence electrons. The summed E-state index contributed by atoms with van der Waals surface area (Å²) >= 11 is 0. The van der Waals surface area contributed by atoms with Gasteiger partial charge in [-0.3, -0.25) is 14.3 Å². The number of carbonyl (C=O) groups excluding carboxylic acids is 1. The summed E-state index contributed by atoms with van der Waals surface area (Å²) in [5, 5.41) is 13.5. The van der Waals surface area contributed by atoms with E-state index in [9.17, 15) is 14.7 Å². The first-order valence-electron chi connectivity index (χ1n) is 11.3. The Bertz CT molecular complexity index is 1010. The number of nitrogens with zero attached hydrogens (tertiary/aromatic N) is 3. The van der Waals surface area contributed by atoms with Gasteiger partial charge in [0.2, 0.25) is 5.91 Å². The van der Waals surface area contributed by atoms with Gasteiger partial charge in [0, 0.05) is 36.8 Å². The summed E-state index contributed by atoms with van der Waals surface area (Å²) in [6.07, 6.45) is 6.23. The monoisotopic (exact) mass is 439 g/mol. The number of aliphatic carboxylic acids is 1. The van der Waals surface area contributed by atoms with Crippen molar-refractivity contribution >= 4 is 11.9 Å². The molecule has 1 aromatic carbocycles. The van der Waals surface area contributed by atoms with Gasteiger partial charge < -0.3 is 19.5 Å². The number of amides is 1. The summed E-state index contributed by atoms with van der Waals surface area (Å²) in [4.78, 5) is 26.6. The second kappa shape index (κ2) is 7.92. The lowest BCUT2D eigenvalue weighted by Crippen LogP contribution is -2.60. The number of carboxylic acids is 1. The van der Waals surface area contributed by atoms with E-state index in [2.05, 4.69) is 5.10 Å². The van der Waals surface area contributed by atoms with Crippen LogP contribution in [0.5, 0.6) is 5.75 Å². The van der Waals surface area contributed by atoms with E-state index in [1.165, 1.54) is 0 Å². The summed E-state index contributed by atoms with van der Waals surface area (Å²) in [6.45, 7) is 3.38. The van der Waals surface area contributed by atoms with Crippen LogP contribution in [0.25, 0.3) is 0 Å². The molecule has 8 heteroatoms. The fraction of sp³-hybridized carbons (Fsp3) is 0.542. The van der Waals surface area contributed by atoms with Crippen LogP contribution in [0.4, 0.5) is 0 Å². The van der Waals surface area contributed by atoms with Crippen LogP contribution in [0.1, 0.15) is 50.7 Å². The van der Waals surface area contributed by atoms with Crippen molar-refractivity contribution in [2.75, 3.05) is 13.2 Å². The van der Waals surface area contributed by atoms with Crippen LogP contribution in [-0.4, -0.2) is 56.0 Å². The molecule has 3 aliphatic rings. The minimum atomic E-state index is -0.839. The highest BCUT2D eigenvalue weighted by molar-refractivity contribution is 5.77. The Balaban J connectivity index is 1.45. The number of aromatic nitrogens is 2. The number of ether oxygens (including phenoxy) is 2. The molecule has 0 unspecified atom stereocenters. The standard InChI is InChI=1S/C24H29N3O5/c1-23(10-8-21(29)30)18-14-24(16-31-22(18)17-6-2-3-7-19(17)32-23)9-4-13-27(24)20(28)15-26-12-5-11-25-26/h2-3,5-7,11-12,18,22H,4,8-10,13-16H2,1H3,(H,29,30)/t18-,22+,23+,24+/m1/s1. The third-order valence-electron chi connectivity index (χ3n) is 7.44. The van der Waals surface area contributed by atoms with E-state index < -0.39 is 17.1 Å². The first-order valence-corrected chi connectivity index (χ1v) is 11.3. The van der Waals surface area contributed by atoms with Gasteiger partial charge in [0.05, 0.1) is 18.2 Å². The molecule has 4 atom stereocenters. The van der Waals surface area contributed by atoms with Crippen LogP contribution >= 0.6 is 0 Å². The fourth-order valence-electron chi connectivity index (χ4n) is 5.81. The van der Waals surface area contributed by atoms with Gasteiger partial charge in [-0.25, -0.2) is 0 Å². The Hall–Kier alpha value is -2.87. The molecule has 1 amide bonds. The van der Waals surface area contributed by atoms with Crippen LogP contribution in [0.15, 0.2) is 42.7 Å². The third-order valence-corrected chi connectivity index (χ3v) is 7.44. The average Bonchev–Trinajstić information content (AvgIpc) is 3.43. The highest BCUT2D eigenvalue weighted by atomic mass is 16.5. The van der Waals surface area contributed by atoms with Gasteiger partial charge in [-0.05, 0) is 44.7 Å². The fourth-order valence-corrected chi connectivity index (χ4v) is 5.81. The zero-order chi connectivity index (χ0) is 22.3. The lowest BCUT2D eigenvalue weighted by atomic mass is 9.68. The highest BCUT2D eigenvalue weighted by Crippen LogP contribution is 2.55. The Morgan fingerprint density at radius 2 is 2.12 bits per heavy atom. The van der Waals surface area contributed by atoms with Crippen LogP contribution in [0, 0.1) is 5.92 Å². The molecule has 8 nitrogen and oxygen atoms in total. The van der Waals surface area contributed by atoms with Crippen molar-refractivity contribution in [3.05, 3.63) is 48.3 Å². The Labute approximate surface area is 187 Å². The van der Waals surface area contributed by atoms with Crippen molar-refractivity contribution in [2.45, 2.75) is 62.8 Å². The number of fused-ring (bicyclic) bond motifs is 3. The molecule has 0 radical (unpaired) electrons. The first-order chi connectivity index (χ1) is 15.4. The number of para-hydroxylation sites is 1. The molecule has 32 heavy (non-hydrogen) atoms. The lowest BCUT2D eigenvalue weighted by Gasteiger charge is -2.54. The number of hydrogen-bond donors (Lipinski definition) is 1. The molecule has 3 aliphatic heterocycles. The normalized spacial score (nSPS) is 31.1. The predicted octanol–water partition coefficient (Wildman–Crippen LogP) is 3.04. The number of likely N-dealkylation sites (tertiary alicyclic amines) is 1. The van der Waals surface area contributed by atoms with E-state index >= 15 is 0 Å². The maximum absolute atomic E-state index is 13.2. The van der Waals surface area contributed by atoms with E-state index in [-0.39, 0.29) is 30.9 Å². The third kappa shape index (κ3) is 3.56. The molecule has 0 saturated carbocycles. The summed E-state index contributed by atoms with van der Waals surface area (Å²) < 4.78 is 14.6. The van der Waals surface area contributed by atoms with Crippen molar-refractivity contribution in [1.82, 2.24) is 14.7 Å². The number of hydrogen-bond acceptors (Lipinski definition) is 5. The van der Waals surface area contributed by atoms with Gasteiger partial charge in [-0.1, -0.05) is 18.2 Å². The zero-order valence-electron chi connectivity index (χ0n) is 18.3. The van der Waals surface area contributed by atoms with Gasteiger partial charge in [0.25, 0.3) is 0 Å². The molecule has 0 aliphatic carbocycles. The van der Waals surface area contributed by atoms with Crippen LogP contribution in [0.3, 0.4) is 0 Å². The molecule has 2 aromatic rings. The zero-order valence-corrected chi connectivity index (χ0v) is 18.3. The molecule has 2 fully saturated rings. The van der Waals surface area contributed by atoms with Gasteiger partial charge >= 0.3 is 5.97 Å². The van der Waals surface area contributed by atoms with E-state index in [1.54, 1.807) is 17.1 Å². The highest BCUT2D eigenvalue weighted by Gasteiger charge is 2.57. The number of rotatable bonds is 5. The molecule has 0 bridgehead atoms. The summed E-state index contributed by atoms with van der Waals surface area (Å²) in [7, 11) is 0. The molecular formula is C24H29N3O5. The Morgan fingerprint density at radius 3 is 2.91 bits per heavy atom. The van der Waals surface area contributed by atoms with Crippen molar-refractivity contribution in [3.63, 3.8) is 0 Å². The lowest BCUT2D eigenvalue weighted by molar-refractivity contribution is -0.180. The van der Waals surface area contributed by atoms with Crippen LogP contribution < -0.4 is 4.74 Å². The topological polar surface area (TPSA) is 93.9 Å². The molecular weight excluding hydrogens is 410 g/mol. The molecule has 4 heterocycles. The quantitative estimate of drug-likeness (QED) is 0.770. The van der Waals surface area contributed by atoms with Gasteiger partial charge in [-0.2, -0.15) is 5.10 Å². The number of carboxylic acid groups (broad SMARTS) is 1. The SMILES string of the molecule is C[C@@]1(CCC(=O)O)Oc2ccccc2[C@@H]2OC[C@]3(CCCN3C(=O)Cn3cccn3)C[C@H]21. The summed E-state index contributed by atoms with van der Waals surface area (Å²) in [5.74, 6) is -0.0922. The summed E-state index contributed by atoms with van der Waals surface area (Å²) in [6, 6.07) is 9.66. The maximum atomic E-state index is 13.2. The van der Waals surface area contributed by atoms with Crippen molar-refractivity contribution in [2.24, 2.45) is 5.92 Å². The van der Waals surface area contributed by atoms with Crippen LogP contribution in [-0.2, 0) is 20.9 Å². The van der Waals surface area contributed by atoms with Crippen LogP contribution in [0.2, 0.25) is 0 Å². The van der Waals surface area contributed by atoms with Gasteiger partial charge in [0.15, 0.2) is 0 Å². The average molecular weight is 440 g/mol. The Kier molecular flexibility index (Phi) is 5.20. The smallest absolute Gasteiger partial charge is 0.303 e. The van der Waals surface area contributed by atoms with Crippen molar-refractivity contribution in [3.8, 4) is 5.75 Å². The van der Waals surface area contributed by atoms with E-state index in [0.717, 1.165) is 30.6 Å². The molecule has 1 N–H and O–H groups in total. The molecule has 1 aromatic heterocycles. The number of benzene rings is 1. The van der Waals surface area contributed by atoms with Crippen molar-refractivity contribution < 1.29 is 24.2 Å². The largest absolute Gasteiger partial charge is 0.487 e. The second-order valence-electron chi connectivity index (χ2n) is 9.47.